The standard InChI is InChI=1S/C34H32IN5O3.C29H28IN3O2/c1-22(2)40-21-26(12-17-30(40)41)24-10-7-11-25(20-24)31(23-8-5-4-6-9-23)32(38-33(42)29-18-19-36-39(29)3)34(43)37-28-15-13-27(35)14-16-28;1-19(2)33-18-23(11-16-26(33)34)21-9-6-10-22(17-21)27(20-7-4-3-5-8-20)28(31)29(35)32-25-14-12-24(30)13-15-25/h4-22,31-32H,1-3H3,(H,37,43)(H,38,42);3-19,27-28H,31H2,1-2H3,(H,32,35). The minimum Gasteiger partial charge on any atom is -0.338 e. The Morgan fingerprint density at radius 3 is 1.38 bits per heavy atom. The number of nitrogens with one attached hydrogen (secondary N) is 3. The van der Waals surface area contributed by atoms with E-state index in [1.807, 2.05) is 204 Å². The van der Waals surface area contributed by atoms with E-state index in [9.17, 15) is 24.0 Å². The highest BCUT2D eigenvalue weighted by molar-refractivity contribution is 14.1. The Bertz CT molecular complexity index is 3640. The van der Waals surface area contributed by atoms with Gasteiger partial charge in [0.15, 0.2) is 0 Å². The van der Waals surface area contributed by atoms with Crippen molar-refractivity contribution >= 4 is 74.3 Å². The molecular weight excluding hydrogens is 1200 g/mol. The van der Waals surface area contributed by atoms with Crippen molar-refractivity contribution in [2.45, 2.75) is 63.7 Å². The summed E-state index contributed by atoms with van der Waals surface area (Å²) in [4.78, 5) is 65.5. The van der Waals surface area contributed by atoms with Crippen molar-refractivity contribution in [1.82, 2.24) is 24.2 Å². The number of carbonyl (C=O) groups excluding carboxylic acids is 3. The summed E-state index contributed by atoms with van der Waals surface area (Å²) in [5.74, 6) is -1.92. The molecule has 9 aromatic rings. The molecule has 15 heteroatoms. The fourth-order valence-electron chi connectivity index (χ4n) is 9.26. The summed E-state index contributed by atoms with van der Waals surface area (Å²) in [6, 6.07) is 57.2. The third-order valence-corrected chi connectivity index (χ3v) is 14.7. The van der Waals surface area contributed by atoms with Crippen LogP contribution in [-0.2, 0) is 16.6 Å². The van der Waals surface area contributed by atoms with Crippen LogP contribution in [0.2, 0.25) is 0 Å². The third kappa shape index (κ3) is 14.0. The summed E-state index contributed by atoms with van der Waals surface area (Å²) in [6.45, 7) is 7.90. The van der Waals surface area contributed by atoms with E-state index < -0.39 is 23.9 Å². The van der Waals surface area contributed by atoms with Crippen molar-refractivity contribution in [2.75, 3.05) is 10.6 Å². The Balaban J connectivity index is 0.000000210. The van der Waals surface area contributed by atoms with Crippen LogP contribution in [0.15, 0.2) is 216 Å². The molecule has 4 atom stereocenters. The van der Waals surface area contributed by atoms with Gasteiger partial charge in [-0.25, -0.2) is 0 Å². The average molecular weight is 1260 g/mol. The highest BCUT2D eigenvalue weighted by Crippen LogP contribution is 2.34. The van der Waals surface area contributed by atoms with E-state index in [2.05, 4.69) is 72.3 Å². The fourth-order valence-corrected chi connectivity index (χ4v) is 9.98. The van der Waals surface area contributed by atoms with Crippen LogP contribution in [0.1, 0.15) is 84.4 Å². The highest BCUT2D eigenvalue weighted by Gasteiger charge is 2.34. The molecule has 3 amide bonds. The lowest BCUT2D eigenvalue weighted by Gasteiger charge is -2.29. The molecule has 0 bridgehead atoms. The van der Waals surface area contributed by atoms with E-state index in [1.54, 1.807) is 40.6 Å². The van der Waals surface area contributed by atoms with Gasteiger partial charge in [-0.1, -0.05) is 109 Å². The van der Waals surface area contributed by atoms with Crippen molar-refractivity contribution in [3.8, 4) is 22.3 Å². The molecule has 0 radical (unpaired) electrons. The van der Waals surface area contributed by atoms with Gasteiger partial charge in [-0.3, -0.25) is 28.7 Å². The summed E-state index contributed by atoms with van der Waals surface area (Å²) in [5, 5.41) is 13.1. The molecule has 0 aliphatic heterocycles. The first-order valence-electron chi connectivity index (χ1n) is 25.5. The van der Waals surface area contributed by atoms with Crippen molar-refractivity contribution in [3.63, 3.8) is 0 Å². The molecule has 4 unspecified atom stereocenters. The molecule has 0 saturated heterocycles. The maximum absolute atomic E-state index is 14.1. The molecule has 3 aromatic heterocycles. The molecule has 0 aliphatic rings. The molecule has 0 aliphatic carbocycles. The van der Waals surface area contributed by atoms with Crippen LogP contribution < -0.4 is 32.8 Å². The number of benzene rings is 6. The van der Waals surface area contributed by atoms with Gasteiger partial charge in [0.2, 0.25) is 11.8 Å². The molecule has 78 heavy (non-hydrogen) atoms. The van der Waals surface area contributed by atoms with Crippen molar-refractivity contribution < 1.29 is 14.4 Å². The number of rotatable bonds is 16. The Hall–Kier alpha value is -7.74. The number of halogens is 2. The number of aryl methyl sites for hydroxylation is 1. The number of amides is 3. The number of anilines is 2. The van der Waals surface area contributed by atoms with E-state index in [-0.39, 0.29) is 40.9 Å². The summed E-state index contributed by atoms with van der Waals surface area (Å²) < 4.78 is 7.02. The lowest BCUT2D eigenvalue weighted by atomic mass is 9.83. The number of hydrogen-bond acceptors (Lipinski definition) is 7. The molecule has 396 valence electrons. The Kier molecular flexibility index (Phi) is 18.9. The van der Waals surface area contributed by atoms with Crippen LogP contribution in [0.3, 0.4) is 0 Å². The van der Waals surface area contributed by atoms with Crippen molar-refractivity contribution in [2.24, 2.45) is 12.8 Å². The zero-order valence-electron chi connectivity index (χ0n) is 43.8. The first-order valence-corrected chi connectivity index (χ1v) is 27.6. The number of pyridine rings is 2. The summed E-state index contributed by atoms with van der Waals surface area (Å²) in [5.41, 5.74) is 15.4. The molecule has 6 aromatic carbocycles. The van der Waals surface area contributed by atoms with E-state index in [0.717, 1.165) is 51.6 Å². The van der Waals surface area contributed by atoms with Gasteiger partial charge < -0.3 is 30.8 Å². The number of aromatic nitrogens is 4. The van der Waals surface area contributed by atoms with Gasteiger partial charge in [-0.05, 0) is 184 Å². The topological polar surface area (TPSA) is 175 Å². The van der Waals surface area contributed by atoms with E-state index in [4.69, 9.17) is 5.73 Å². The lowest BCUT2D eigenvalue weighted by molar-refractivity contribution is -0.118. The normalized spacial score (nSPS) is 12.6. The zero-order chi connectivity index (χ0) is 55.5. The Labute approximate surface area is 481 Å². The van der Waals surface area contributed by atoms with E-state index in [1.165, 1.54) is 4.68 Å². The van der Waals surface area contributed by atoms with Gasteiger partial charge in [0, 0.05) is 80.2 Å². The number of nitrogens with zero attached hydrogens (tertiary/aromatic N) is 4. The van der Waals surface area contributed by atoms with Gasteiger partial charge in [0.1, 0.15) is 11.7 Å². The van der Waals surface area contributed by atoms with Gasteiger partial charge in [-0.2, -0.15) is 5.10 Å². The first kappa shape index (κ1) is 56.5. The maximum Gasteiger partial charge on any atom is 0.270 e. The molecule has 5 N–H and O–H groups in total. The van der Waals surface area contributed by atoms with E-state index >= 15 is 0 Å². The monoisotopic (exact) mass is 1260 g/mol. The fraction of sp³-hybridized carbons (Fsp3) is 0.175. The smallest absolute Gasteiger partial charge is 0.270 e. The van der Waals surface area contributed by atoms with Crippen molar-refractivity contribution in [1.29, 1.82) is 0 Å². The first-order chi connectivity index (χ1) is 37.5. The SMILES string of the molecule is CC(C)n1cc(-c2cccc(C(c3ccccc3)C(N)C(=O)Nc3ccc(I)cc3)c2)ccc1=O.CC(C)n1cc(-c2cccc(C(c3ccccc3)C(NC(=O)c3ccnn3C)C(=O)Nc3ccc(I)cc3)c2)ccc1=O. The third-order valence-electron chi connectivity index (χ3n) is 13.3. The molecule has 13 nitrogen and oxygen atoms in total. The second kappa shape index (κ2) is 26.1. The predicted molar refractivity (Wildman–Crippen MR) is 328 cm³/mol. The molecule has 0 fully saturated rings. The summed E-state index contributed by atoms with van der Waals surface area (Å²) in [6.07, 6.45) is 5.28. The van der Waals surface area contributed by atoms with Crippen LogP contribution in [0, 0.1) is 7.14 Å². The highest BCUT2D eigenvalue weighted by atomic mass is 127. The summed E-state index contributed by atoms with van der Waals surface area (Å²) >= 11 is 4.44. The summed E-state index contributed by atoms with van der Waals surface area (Å²) in [7, 11) is 1.68. The maximum atomic E-state index is 14.1. The number of carbonyl (C=O) groups is 3. The predicted octanol–water partition coefficient (Wildman–Crippen LogP) is 11.8. The van der Waals surface area contributed by atoms with E-state index in [0.29, 0.717) is 17.1 Å². The van der Waals surface area contributed by atoms with Crippen LogP contribution in [0.4, 0.5) is 11.4 Å². The largest absolute Gasteiger partial charge is 0.338 e. The number of nitrogens with two attached hydrogens (primary N) is 1. The second-order valence-electron chi connectivity index (χ2n) is 19.4. The molecule has 0 spiro atoms. The molecule has 3 heterocycles. The molecular formula is C63H60I2N8O5. The second-order valence-corrected chi connectivity index (χ2v) is 21.8. The minimum atomic E-state index is -0.982. The molecule has 0 saturated carbocycles. The van der Waals surface area contributed by atoms with Crippen molar-refractivity contribution in [3.05, 3.63) is 262 Å². The zero-order valence-corrected chi connectivity index (χ0v) is 48.1. The quantitative estimate of drug-likeness (QED) is 0.0696. The van der Waals surface area contributed by atoms with Crippen LogP contribution in [0.5, 0.6) is 0 Å². The van der Waals surface area contributed by atoms with Crippen LogP contribution >= 0.6 is 45.2 Å². The van der Waals surface area contributed by atoms with Crippen LogP contribution in [-0.4, -0.2) is 48.7 Å². The Morgan fingerprint density at radius 1 is 0.500 bits per heavy atom. The van der Waals surface area contributed by atoms with Gasteiger partial charge in [-0.15, -0.1) is 0 Å². The minimum absolute atomic E-state index is 0.00394. The average Bonchev–Trinajstić information content (AvgIpc) is 3.92. The molecule has 9 rings (SSSR count). The number of hydrogen-bond donors (Lipinski definition) is 4. The van der Waals surface area contributed by atoms with Gasteiger partial charge in [0.25, 0.3) is 17.0 Å². The lowest BCUT2D eigenvalue weighted by Crippen LogP contribution is -2.48. The van der Waals surface area contributed by atoms with Gasteiger partial charge in [0.05, 0.1) is 6.04 Å². The van der Waals surface area contributed by atoms with Gasteiger partial charge >= 0.3 is 0 Å². The van der Waals surface area contributed by atoms with Crippen LogP contribution in [0.25, 0.3) is 22.3 Å². The Morgan fingerprint density at radius 2 is 0.936 bits per heavy atom.